The number of rotatable bonds is 7. The molecule has 2 atom stereocenters. The average molecular weight is 238 g/mol. The van der Waals surface area contributed by atoms with E-state index in [-0.39, 0.29) is 0 Å². The second kappa shape index (κ2) is 6.61. The number of hydrogen-bond acceptors (Lipinski definition) is 0. The third-order valence-electron chi connectivity index (χ3n) is 4.25. The molecular weight excluding hydrogens is 204 g/mol. The Morgan fingerprint density at radius 1 is 1.06 bits per heavy atom. The van der Waals surface area contributed by atoms with Crippen LogP contribution in [0.2, 0.25) is 0 Å². The lowest BCUT2D eigenvalue weighted by Gasteiger charge is -2.31. The van der Waals surface area contributed by atoms with Gasteiger partial charge in [0.1, 0.15) is 0 Å². The van der Waals surface area contributed by atoms with Gasteiger partial charge in [0.05, 0.1) is 0 Å². The number of hydrogen-bond donors (Lipinski definition) is 0. The van der Waals surface area contributed by atoms with Crippen molar-refractivity contribution in [1.29, 1.82) is 0 Å². The van der Waals surface area contributed by atoms with Crippen LogP contribution in [0, 0.1) is 22.7 Å². The highest BCUT2D eigenvalue weighted by atomic mass is 14.3. The summed E-state index contributed by atoms with van der Waals surface area (Å²) in [4.78, 5) is 0. The second-order valence-corrected chi connectivity index (χ2v) is 7.80. The molecule has 0 heterocycles. The van der Waals surface area contributed by atoms with Crippen molar-refractivity contribution < 1.29 is 0 Å². The minimum atomic E-state index is 0.432. The van der Waals surface area contributed by atoms with Crippen LogP contribution < -0.4 is 0 Å². The van der Waals surface area contributed by atoms with Gasteiger partial charge in [0.25, 0.3) is 0 Å². The van der Waals surface area contributed by atoms with Crippen molar-refractivity contribution in [3.05, 3.63) is 12.7 Å². The standard InChI is InChI=1S/C17H34/c1-9-11-17(7,8)12-10-14(2)13-15(3)16(4,5)6/h9,14-15H,1,10-13H2,2-8H3. The lowest BCUT2D eigenvalue weighted by Crippen LogP contribution is -2.20. The van der Waals surface area contributed by atoms with Crippen molar-refractivity contribution in [1.82, 2.24) is 0 Å². The summed E-state index contributed by atoms with van der Waals surface area (Å²) < 4.78 is 0. The highest BCUT2D eigenvalue weighted by Gasteiger charge is 2.23. The molecule has 0 saturated carbocycles. The quantitative estimate of drug-likeness (QED) is 0.472. The molecule has 0 amide bonds. The molecule has 0 bridgehead atoms. The molecule has 0 rings (SSSR count). The average Bonchev–Trinajstić information content (AvgIpc) is 2.13. The van der Waals surface area contributed by atoms with Gasteiger partial charge in [-0.25, -0.2) is 0 Å². The maximum Gasteiger partial charge on any atom is -0.0302 e. The smallest absolute Gasteiger partial charge is 0.0302 e. The zero-order chi connectivity index (χ0) is 13.7. The van der Waals surface area contributed by atoms with Gasteiger partial charge in [0.15, 0.2) is 0 Å². The molecule has 2 unspecified atom stereocenters. The molecule has 0 spiro atoms. The number of allylic oxidation sites excluding steroid dienone is 1. The summed E-state index contributed by atoms with van der Waals surface area (Å²) in [6, 6.07) is 0. The van der Waals surface area contributed by atoms with Crippen molar-refractivity contribution in [2.75, 3.05) is 0 Å². The second-order valence-electron chi connectivity index (χ2n) is 7.80. The fourth-order valence-electron chi connectivity index (χ4n) is 2.20. The first-order valence-electron chi connectivity index (χ1n) is 7.19. The molecule has 0 nitrogen and oxygen atoms in total. The molecule has 0 aromatic carbocycles. The molecule has 0 aromatic rings. The molecule has 102 valence electrons. The summed E-state index contributed by atoms with van der Waals surface area (Å²) in [5.41, 5.74) is 0.881. The van der Waals surface area contributed by atoms with Crippen LogP contribution in [0.4, 0.5) is 0 Å². The van der Waals surface area contributed by atoms with Crippen molar-refractivity contribution in [2.45, 2.75) is 74.1 Å². The Morgan fingerprint density at radius 2 is 1.59 bits per heavy atom. The van der Waals surface area contributed by atoms with Gasteiger partial charge in [-0.2, -0.15) is 0 Å². The van der Waals surface area contributed by atoms with Gasteiger partial charge < -0.3 is 0 Å². The highest BCUT2D eigenvalue weighted by molar-refractivity contribution is 4.80. The first kappa shape index (κ1) is 16.7. The van der Waals surface area contributed by atoms with Gasteiger partial charge in [-0.05, 0) is 41.9 Å². The van der Waals surface area contributed by atoms with E-state index in [1.807, 2.05) is 0 Å². The van der Waals surface area contributed by atoms with Crippen molar-refractivity contribution in [3.8, 4) is 0 Å². The lowest BCUT2D eigenvalue weighted by molar-refractivity contribution is 0.203. The minimum Gasteiger partial charge on any atom is -0.103 e. The van der Waals surface area contributed by atoms with Gasteiger partial charge in [-0.15, -0.1) is 6.58 Å². The molecular formula is C17H34. The molecule has 0 aliphatic rings. The van der Waals surface area contributed by atoms with Crippen LogP contribution >= 0.6 is 0 Å². The Hall–Kier alpha value is -0.260. The molecule has 0 aromatic heterocycles. The third-order valence-corrected chi connectivity index (χ3v) is 4.25. The van der Waals surface area contributed by atoms with Crippen molar-refractivity contribution in [2.24, 2.45) is 22.7 Å². The summed E-state index contributed by atoms with van der Waals surface area (Å²) in [6.07, 6.45) is 7.21. The van der Waals surface area contributed by atoms with Crippen molar-refractivity contribution in [3.63, 3.8) is 0 Å². The van der Waals surface area contributed by atoms with E-state index in [4.69, 9.17) is 0 Å². The molecule has 0 fully saturated rings. The predicted octanol–water partition coefficient (Wildman–Crippen LogP) is 6.08. The zero-order valence-electron chi connectivity index (χ0n) is 13.3. The van der Waals surface area contributed by atoms with Gasteiger partial charge >= 0.3 is 0 Å². The van der Waals surface area contributed by atoms with Crippen LogP contribution in [-0.4, -0.2) is 0 Å². The monoisotopic (exact) mass is 238 g/mol. The molecule has 17 heavy (non-hydrogen) atoms. The SMILES string of the molecule is C=CCC(C)(C)CCC(C)CC(C)C(C)(C)C. The summed E-state index contributed by atoms with van der Waals surface area (Å²) >= 11 is 0. The van der Waals surface area contributed by atoms with E-state index >= 15 is 0 Å². The van der Waals surface area contributed by atoms with Crippen molar-refractivity contribution >= 4 is 0 Å². The van der Waals surface area contributed by atoms with E-state index in [0.29, 0.717) is 10.8 Å². The summed E-state index contributed by atoms with van der Waals surface area (Å²) in [5, 5.41) is 0. The van der Waals surface area contributed by atoms with Crippen LogP contribution in [-0.2, 0) is 0 Å². The maximum atomic E-state index is 3.85. The van der Waals surface area contributed by atoms with Gasteiger partial charge in [0, 0.05) is 0 Å². The molecule has 0 aliphatic heterocycles. The molecule has 0 heteroatoms. The Labute approximate surface area is 110 Å². The van der Waals surface area contributed by atoms with Gasteiger partial charge in [-0.3, -0.25) is 0 Å². The Bertz CT molecular complexity index is 217. The Kier molecular flexibility index (Phi) is 6.51. The van der Waals surface area contributed by atoms with Gasteiger partial charge in [-0.1, -0.05) is 61.0 Å². The first-order chi connectivity index (χ1) is 7.58. The lowest BCUT2D eigenvalue weighted by atomic mass is 9.75. The van der Waals surface area contributed by atoms with Crippen LogP contribution in [0.15, 0.2) is 12.7 Å². The molecule has 0 saturated heterocycles. The fourth-order valence-corrected chi connectivity index (χ4v) is 2.20. The normalized spacial score (nSPS) is 16.6. The van der Waals surface area contributed by atoms with E-state index in [2.05, 4.69) is 61.1 Å². The third kappa shape index (κ3) is 7.63. The first-order valence-corrected chi connectivity index (χ1v) is 7.19. The van der Waals surface area contributed by atoms with Crippen LogP contribution in [0.5, 0.6) is 0 Å². The Balaban J connectivity index is 4.03. The largest absolute Gasteiger partial charge is 0.103 e. The Morgan fingerprint density at radius 3 is 2.00 bits per heavy atom. The minimum absolute atomic E-state index is 0.432. The van der Waals surface area contributed by atoms with Crippen LogP contribution in [0.1, 0.15) is 74.1 Å². The van der Waals surface area contributed by atoms with E-state index in [1.54, 1.807) is 0 Å². The summed E-state index contributed by atoms with van der Waals surface area (Å²) in [7, 11) is 0. The summed E-state index contributed by atoms with van der Waals surface area (Å²) in [6.45, 7) is 20.4. The van der Waals surface area contributed by atoms with E-state index in [1.165, 1.54) is 19.3 Å². The van der Waals surface area contributed by atoms with Crippen LogP contribution in [0.3, 0.4) is 0 Å². The highest BCUT2D eigenvalue weighted by Crippen LogP contribution is 2.34. The topological polar surface area (TPSA) is 0 Å². The molecule has 0 radical (unpaired) electrons. The maximum absolute atomic E-state index is 3.85. The molecule has 0 N–H and O–H groups in total. The van der Waals surface area contributed by atoms with Crippen LogP contribution in [0.25, 0.3) is 0 Å². The van der Waals surface area contributed by atoms with E-state index in [9.17, 15) is 0 Å². The molecule has 0 aliphatic carbocycles. The fraction of sp³-hybridized carbons (Fsp3) is 0.882. The van der Waals surface area contributed by atoms with E-state index in [0.717, 1.165) is 18.3 Å². The zero-order valence-corrected chi connectivity index (χ0v) is 13.3. The van der Waals surface area contributed by atoms with E-state index < -0.39 is 0 Å². The summed E-state index contributed by atoms with van der Waals surface area (Å²) in [5.74, 6) is 1.65. The van der Waals surface area contributed by atoms with Gasteiger partial charge in [0.2, 0.25) is 0 Å². The predicted molar refractivity (Wildman–Crippen MR) is 80.2 cm³/mol.